The molecule has 0 aromatic heterocycles. The first-order valence-electron chi connectivity index (χ1n) is 5.64. The molecule has 7 heteroatoms. The lowest BCUT2D eigenvalue weighted by atomic mass is 10.2. The number of carboxylic acid groups (broad SMARTS) is 1. The van der Waals surface area contributed by atoms with Gasteiger partial charge in [-0.3, -0.25) is 0 Å². The third kappa shape index (κ3) is 4.88. The van der Waals surface area contributed by atoms with Crippen LogP contribution in [0.15, 0.2) is 22.7 Å². The van der Waals surface area contributed by atoms with E-state index in [2.05, 4.69) is 26.6 Å². The number of halogens is 1. The van der Waals surface area contributed by atoms with Crippen molar-refractivity contribution < 1.29 is 14.7 Å². The fraction of sp³-hybridized carbons (Fsp3) is 0.333. The summed E-state index contributed by atoms with van der Waals surface area (Å²) in [5.41, 5.74) is 0.552. The number of rotatable bonds is 5. The van der Waals surface area contributed by atoms with E-state index in [1.807, 2.05) is 0 Å². The zero-order valence-corrected chi connectivity index (χ0v) is 12.3. The van der Waals surface area contributed by atoms with Crippen molar-refractivity contribution in [2.75, 3.05) is 32.5 Å². The summed E-state index contributed by atoms with van der Waals surface area (Å²) >= 11 is 3.21. The third-order valence-corrected chi connectivity index (χ3v) is 2.90. The molecule has 0 saturated carbocycles. The maximum Gasteiger partial charge on any atom is 0.335 e. The average Bonchev–Trinajstić information content (AvgIpc) is 2.34. The Balaban J connectivity index is 2.76. The van der Waals surface area contributed by atoms with E-state index < -0.39 is 5.97 Å². The van der Waals surface area contributed by atoms with Crippen molar-refractivity contribution in [2.24, 2.45) is 0 Å². The van der Waals surface area contributed by atoms with Crippen LogP contribution in [0.4, 0.5) is 10.5 Å². The van der Waals surface area contributed by atoms with Gasteiger partial charge in [-0.25, -0.2) is 9.59 Å². The largest absolute Gasteiger partial charge is 0.478 e. The lowest BCUT2D eigenvalue weighted by molar-refractivity contribution is 0.0697. The molecule has 0 aliphatic rings. The van der Waals surface area contributed by atoms with E-state index in [-0.39, 0.29) is 11.6 Å². The fourth-order valence-electron chi connectivity index (χ4n) is 1.39. The van der Waals surface area contributed by atoms with Gasteiger partial charge in [-0.15, -0.1) is 0 Å². The second kappa shape index (κ2) is 7.10. The van der Waals surface area contributed by atoms with Gasteiger partial charge in [-0.2, -0.15) is 0 Å². The quantitative estimate of drug-likeness (QED) is 0.769. The van der Waals surface area contributed by atoms with E-state index >= 15 is 0 Å². The van der Waals surface area contributed by atoms with Gasteiger partial charge in [0.05, 0.1) is 5.56 Å². The average molecular weight is 330 g/mol. The second-order valence-electron chi connectivity index (χ2n) is 3.99. The molecule has 0 saturated heterocycles. The Bertz CT molecular complexity index is 479. The predicted octanol–water partition coefficient (Wildman–Crippen LogP) is 1.83. The van der Waals surface area contributed by atoms with E-state index in [1.165, 1.54) is 17.0 Å². The molecule has 3 N–H and O–H groups in total. The zero-order valence-electron chi connectivity index (χ0n) is 10.7. The first-order valence-corrected chi connectivity index (χ1v) is 6.44. The highest BCUT2D eigenvalue weighted by molar-refractivity contribution is 9.10. The highest BCUT2D eigenvalue weighted by Crippen LogP contribution is 2.20. The first-order chi connectivity index (χ1) is 8.93. The summed E-state index contributed by atoms with van der Waals surface area (Å²) in [7, 11) is 3.47. The van der Waals surface area contributed by atoms with E-state index in [4.69, 9.17) is 5.11 Å². The minimum absolute atomic E-state index is 0.113. The summed E-state index contributed by atoms with van der Waals surface area (Å²) < 4.78 is 0.598. The highest BCUT2D eigenvalue weighted by atomic mass is 79.9. The lowest BCUT2D eigenvalue weighted by Gasteiger charge is -2.18. The van der Waals surface area contributed by atoms with Crippen molar-refractivity contribution in [3.05, 3.63) is 28.2 Å². The molecule has 0 unspecified atom stereocenters. The van der Waals surface area contributed by atoms with Gasteiger partial charge in [0.25, 0.3) is 0 Å². The molecule has 1 rings (SSSR count). The van der Waals surface area contributed by atoms with Gasteiger partial charge >= 0.3 is 12.0 Å². The molecular formula is C12H16BrN3O3. The Labute approximate surface area is 119 Å². The van der Waals surface area contributed by atoms with E-state index in [9.17, 15) is 9.59 Å². The Morgan fingerprint density at radius 2 is 2.05 bits per heavy atom. The SMILES string of the molecule is CNCCN(C)C(=O)Nc1cc(Br)cc(C(=O)O)c1. The van der Waals surface area contributed by atoms with Gasteiger partial charge in [0.15, 0.2) is 0 Å². The number of amides is 2. The number of hydrogen-bond acceptors (Lipinski definition) is 3. The van der Waals surface area contributed by atoms with Crippen molar-refractivity contribution >= 4 is 33.6 Å². The minimum atomic E-state index is -1.04. The van der Waals surface area contributed by atoms with Crippen molar-refractivity contribution in [1.29, 1.82) is 0 Å². The summed E-state index contributed by atoms with van der Waals surface area (Å²) in [6.07, 6.45) is 0. The number of aromatic carboxylic acids is 1. The summed E-state index contributed by atoms with van der Waals surface area (Å²) in [5.74, 6) is -1.04. The van der Waals surface area contributed by atoms with Gasteiger partial charge in [-0.05, 0) is 25.2 Å². The van der Waals surface area contributed by atoms with Crippen LogP contribution in [0.3, 0.4) is 0 Å². The molecule has 104 valence electrons. The highest BCUT2D eigenvalue weighted by Gasteiger charge is 2.11. The van der Waals surface area contributed by atoms with Crippen LogP contribution in [0, 0.1) is 0 Å². The number of nitrogens with one attached hydrogen (secondary N) is 2. The van der Waals surface area contributed by atoms with Gasteiger partial charge in [0, 0.05) is 30.3 Å². The second-order valence-corrected chi connectivity index (χ2v) is 4.90. The van der Waals surface area contributed by atoms with E-state index in [0.717, 1.165) is 0 Å². The molecule has 0 bridgehead atoms. The number of carboxylic acids is 1. The molecule has 1 aromatic carbocycles. The van der Waals surface area contributed by atoms with Crippen molar-refractivity contribution in [3.8, 4) is 0 Å². The standard InChI is InChI=1S/C12H16BrN3O3/c1-14-3-4-16(2)12(19)15-10-6-8(11(17)18)5-9(13)7-10/h5-7,14H,3-4H2,1-2H3,(H,15,19)(H,17,18). The smallest absolute Gasteiger partial charge is 0.335 e. The Morgan fingerprint density at radius 1 is 1.37 bits per heavy atom. The molecule has 0 aliphatic heterocycles. The molecule has 0 radical (unpaired) electrons. The molecule has 0 heterocycles. The van der Waals surface area contributed by atoms with Crippen LogP contribution in [-0.4, -0.2) is 49.2 Å². The van der Waals surface area contributed by atoms with E-state index in [0.29, 0.717) is 23.2 Å². The summed E-state index contributed by atoms with van der Waals surface area (Å²) in [6.45, 7) is 1.24. The monoisotopic (exact) mass is 329 g/mol. The van der Waals surface area contributed by atoms with Crippen LogP contribution < -0.4 is 10.6 Å². The van der Waals surface area contributed by atoms with Crippen LogP contribution in [-0.2, 0) is 0 Å². The molecule has 0 aliphatic carbocycles. The predicted molar refractivity (Wildman–Crippen MR) is 76.7 cm³/mol. The van der Waals surface area contributed by atoms with Crippen LogP contribution >= 0.6 is 15.9 Å². The molecule has 6 nitrogen and oxygen atoms in total. The van der Waals surface area contributed by atoms with Crippen LogP contribution in [0.1, 0.15) is 10.4 Å². The normalized spacial score (nSPS) is 10.1. The maximum atomic E-state index is 11.8. The molecule has 1 aromatic rings. The Hall–Kier alpha value is -1.60. The number of likely N-dealkylation sites (N-methyl/N-ethyl adjacent to an activating group) is 2. The molecule has 0 atom stereocenters. The molecule has 0 fully saturated rings. The molecule has 19 heavy (non-hydrogen) atoms. The van der Waals surface area contributed by atoms with Crippen molar-refractivity contribution in [2.45, 2.75) is 0 Å². The topological polar surface area (TPSA) is 81.7 Å². The molecule has 2 amide bonds. The number of benzene rings is 1. The number of hydrogen-bond donors (Lipinski definition) is 3. The summed E-state index contributed by atoms with van der Waals surface area (Å²) in [6, 6.07) is 4.25. The lowest BCUT2D eigenvalue weighted by Crippen LogP contribution is -2.35. The number of anilines is 1. The van der Waals surface area contributed by atoms with E-state index in [1.54, 1.807) is 20.2 Å². The fourth-order valence-corrected chi connectivity index (χ4v) is 1.88. The Kier molecular flexibility index (Phi) is 5.78. The van der Waals surface area contributed by atoms with Gasteiger partial charge in [-0.1, -0.05) is 15.9 Å². The molecule has 0 spiro atoms. The van der Waals surface area contributed by atoms with Crippen LogP contribution in [0.2, 0.25) is 0 Å². The van der Waals surface area contributed by atoms with Gasteiger partial charge in [0.1, 0.15) is 0 Å². The van der Waals surface area contributed by atoms with Gasteiger partial charge < -0.3 is 20.6 Å². The summed E-state index contributed by atoms with van der Waals surface area (Å²) in [5, 5.41) is 14.5. The Morgan fingerprint density at radius 3 is 2.63 bits per heavy atom. The minimum Gasteiger partial charge on any atom is -0.478 e. The van der Waals surface area contributed by atoms with Crippen molar-refractivity contribution in [1.82, 2.24) is 10.2 Å². The number of carbonyl (C=O) groups is 2. The van der Waals surface area contributed by atoms with Crippen LogP contribution in [0.25, 0.3) is 0 Å². The van der Waals surface area contributed by atoms with Crippen molar-refractivity contribution in [3.63, 3.8) is 0 Å². The van der Waals surface area contributed by atoms with Crippen LogP contribution in [0.5, 0.6) is 0 Å². The number of nitrogens with zero attached hydrogens (tertiary/aromatic N) is 1. The molecular weight excluding hydrogens is 314 g/mol. The number of urea groups is 1. The maximum absolute atomic E-state index is 11.8. The summed E-state index contributed by atoms with van der Waals surface area (Å²) in [4.78, 5) is 24.3. The number of carbonyl (C=O) groups excluding carboxylic acids is 1. The zero-order chi connectivity index (χ0) is 14.4. The first kappa shape index (κ1) is 15.5. The third-order valence-electron chi connectivity index (χ3n) is 2.44. The van der Waals surface area contributed by atoms with Gasteiger partial charge in [0.2, 0.25) is 0 Å².